The van der Waals surface area contributed by atoms with E-state index in [1.165, 1.54) is 24.8 Å². The minimum Gasteiger partial charge on any atom is -0.308 e. The lowest BCUT2D eigenvalue weighted by molar-refractivity contribution is 0.137. The first-order valence-corrected chi connectivity index (χ1v) is 8.33. The quantitative estimate of drug-likeness (QED) is 0.878. The number of benzene rings is 1. The van der Waals surface area contributed by atoms with Crippen LogP contribution in [0.25, 0.3) is 0 Å². The van der Waals surface area contributed by atoms with Crippen LogP contribution in [0.3, 0.4) is 0 Å². The molecule has 2 nitrogen and oxygen atoms in total. The normalized spacial score (nSPS) is 26.8. The van der Waals surface area contributed by atoms with Gasteiger partial charge in [0.1, 0.15) is 0 Å². The first-order chi connectivity index (χ1) is 9.87. The second kappa shape index (κ2) is 6.93. The summed E-state index contributed by atoms with van der Waals surface area (Å²) in [6.45, 7) is 8.29. The molecule has 3 unspecified atom stereocenters. The van der Waals surface area contributed by atoms with Crippen LogP contribution >= 0.6 is 0 Å². The van der Waals surface area contributed by atoms with Gasteiger partial charge in [0.05, 0.1) is 0 Å². The van der Waals surface area contributed by atoms with Crippen molar-refractivity contribution in [3.8, 4) is 0 Å². The van der Waals surface area contributed by atoms with Crippen molar-refractivity contribution >= 4 is 0 Å². The summed E-state index contributed by atoms with van der Waals surface area (Å²) in [4.78, 5) is 2.28. The smallest absolute Gasteiger partial charge is 0.0451 e. The third kappa shape index (κ3) is 4.82. The summed E-state index contributed by atoms with van der Waals surface area (Å²) in [5.41, 5.74) is 1.92. The average molecular weight is 288 g/mol. The van der Waals surface area contributed by atoms with E-state index in [2.05, 4.69) is 75.4 Å². The standard InChI is InChI=1S/C19H32N2/c1-15-13-19(2,3)12-11-17(15)20-18(14-21(4)5)16-9-7-6-8-10-16/h6-10,15,17-18,20H,11-14H2,1-5H3. The van der Waals surface area contributed by atoms with Crippen molar-refractivity contribution in [1.82, 2.24) is 10.2 Å². The summed E-state index contributed by atoms with van der Waals surface area (Å²) in [5, 5.41) is 3.95. The van der Waals surface area contributed by atoms with E-state index in [0.29, 0.717) is 17.5 Å². The maximum Gasteiger partial charge on any atom is 0.0451 e. The number of hydrogen-bond donors (Lipinski definition) is 1. The fourth-order valence-corrected chi connectivity index (χ4v) is 3.76. The Hall–Kier alpha value is -0.860. The lowest BCUT2D eigenvalue weighted by atomic mass is 9.70. The van der Waals surface area contributed by atoms with Gasteiger partial charge in [-0.2, -0.15) is 0 Å². The first-order valence-electron chi connectivity index (χ1n) is 8.33. The molecular weight excluding hydrogens is 256 g/mol. The maximum absolute atomic E-state index is 3.95. The summed E-state index contributed by atoms with van der Waals surface area (Å²) in [5.74, 6) is 0.752. The molecule has 1 saturated carbocycles. The van der Waals surface area contributed by atoms with Crippen molar-refractivity contribution in [2.24, 2.45) is 11.3 Å². The summed E-state index contributed by atoms with van der Waals surface area (Å²) >= 11 is 0. The van der Waals surface area contributed by atoms with Crippen LogP contribution < -0.4 is 5.32 Å². The molecule has 118 valence electrons. The molecule has 0 aromatic heterocycles. The lowest BCUT2D eigenvalue weighted by Crippen LogP contribution is -2.45. The van der Waals surface area contributed by atoms with Crippen molar-refractivity contribution < 1.29 is 0 Å². The molecule has 1 aliphatic carbocycles. The number of nitrogens with zero attached hydrogens (tertiary/aromatic N) is 1. The highest BCUT2D eigenvalue weighted by Gasteiger charge is 2.33. The van der Waals surface area contributed by atoms with Crippen molar-refractivity contribution in [3.05, 3.63) is 35.9 Å². The summed E-state index contributed by atoms with van der Waals surface area (Å²) in [7, 11) is 4.32. The van der Waals surface area contributed by atoms with E-state index in [-0.39, 0.29) is 0 Å². The second-order valence-electron chi connectivity index (χ2n) is 7.88. The van der Waals surface area contributed by atoms with Crippen LogP contribution in [0, 0.1) is 11.3 Å². The molecule has 2 rings (SSSR count). The van der Waals surface area contributed by atoms with Crippen LogP contribution in [0.2, 0.25) is 0 Å². The van der Waals surface area contributed by atoms with Gasteiger partial charge in [-0.25, -0.2) is 0 Å². The topological polar surface area (TPSA) is 15.3 Å². The zero-order chi connectivity index (χ0) is 15.5. The molecule has 1 fully saturated rings. The molecule has 1 aliphatic rings. The predicted molar refractivity (Wildman–Crippen MR) is 91.5 cm³/mol. The zero-order valence-corrected chi connectivity index (χ0v) is 14.4. The van der Waals surface area contributed by atoms with Crippen molar-refractivity contribution in [2.75, 3.05) is 20.6 Å². The molecule has 0 radical (unpaired) electrons. The highest BCUT2D eigenvalue weighted by atomic mass is 15.1. The average Bonchev–Trinajstić information content (AvgIpc) is 2.41. The molecule has 1 aromatic rings. The fourth-order valence-electron chi connectivity index (χ4n) is 3.76. The molecule has 21 heavy (non-hydrogen) atoms. The van der Waals surface area contributed by atoms with E-state index in [1.807, 2.05) is 0 Å². The monoisotopic (exact) mass is 288 g/mol. The molecular formula is C19H32N2. The predicted octanol–water partition coefficient (Wildman–Crippen LogP) is 4.09. The number of nitrogens with one attached hydrogen (secondary N) is 1. The molecule has 3 atom stereocenters. The molecule has 1 aromatic carbocycles. The van der Waals surface area contributed by atoms with E-state index in [0.717, 1.165) is 12.5 Å². The summed E-state index contributed by atoms with van der Waals surface area (Å²) in [6.07, 6.45) is 3.96. The Labute approximate surface area is 130 Å². The lowest BCUT2D eigenvalue weighted by Gasteiger charge is -2.41. The van der Waals surface area contributed by atoms with E-state index in [9.17, 15) is 0 Å². The Balaban J connectivity index is 2.05. The third-order valence-corrected chi connectivity index (χ3v) is 4.86. The number of rotatable bonds is 5. The van der Waals surface area contributed by atoms with Crippen molar-refractivity contribution in [3.63, 3.8) is 0 Å². The maximum atomic E-state index is 3.95. The van der Waals surface area contributed by atoms with E-state index in [4.69, 9.17) is 0 Å². The van der Waals surface area contributed by atoms with E-state index in [1.54, 1.807) is 0 Å². The van der Waals surface area contributed by atoms with E-state index < -0.39 is 0 Å². The Morgan fingerprint density at radius 2 is 1.90 bits per heavy atom. The van der Waals surface area contributed by atoms with Gasteiger partial charge in [-0.15, -0.1) is 0 Å². The molecule has 0 spiro atoms. The zero-order valence-electron chi connectivity index (χ0n) is 14.4. The third-order valence-electron chi connectivity index (χ3n) is 4.86. The highest BCUT2D eigenvalue weighted by molar-refractivity contribution is 5.19. The van der Waals surface area contributed by atoms with Gasteiger partial charge >= 0.3 is 0 Å². The Morgan fingerprint density at radius 3 is 2.48 bits per heavy atom. The number of hydrogen-bond acceptors (Lipinski definition) is 2. The van der Waals surface area contributed by atoms with Gasteiger partial charge in [0.2, 0.25) is 0 Å². The van der Waals surface area contributed by atoms with Gasteiger partial charge in [0.15, 0.2) is 0 Å². The van der Waals surface area contributed by atoms with Gasteiger partial charge in [-0.1, -0.05) is 51.1 Å². The van der Waals surface area contributed by atoms with Crippen molar-refractivity contribution in [2.45, 2.75) is 52.1 Å². The Bertz CT molecular complexity index is 424. The summed E-state index contributed by atoms with van der Waals surface area (Å²) in [6, 6.07) is 12.0. The Kier molecular flexibility index (Phi) is 5.45. The fraction of sp³-hybridized carbons (Fsp3) is 0.684. The van der Waals surface area contributed by atoms with Crippen LogP contribution in [0.4, 0.5) is 0 Å². The van der Waals surface area contributed by atoms with Crippen LogP contribution in [0.5, 0.6) is 0 Å². The molecule has 0 heterocycles. The van der Waals surface area contributed by atoms with Crippen LogP contribution in [-0.4, -0.2) is 31.6 Å². The highest BCUT2D eigenvalue weighted by Crippen LogP contribution is 2.39. The SMILES string of the molecule is CC1CC(C)(C)CCC1NC(CN(C)C)c1ccccc1. The van der Waals surface area contributed by atoms with Gasteiger partial charge in [0.25, 0.3) is 0 Å². The molecule has 0 aliphatic heterocycles. The van der Waals surface area contributed by atoms with Gasteiger partial charge in [0, 0.05) is 18.6 Å². The summed E-state index contributed by atoms with van der Waals surface area (Å²) < 4.78 is 0. The minimum absolute atomic E-state index is 0.426. The van der Waals surface area contributed by atoms with Gasteiger partial charge in [-0.05, 0) is 50.3 Å². The Morgan fingerprint density at radius 1 is 1.24 bits per heavy atom. The van der Waals surface area contributed by atoms with Crippen molar-refractivity contribution in [1.29, 1.82) is 0 Å². The van der Waals surface area contributed by atoms with Gasteiger partial charge < -0.3 is 10.2 Å². The molecule has 2 heteroatoms. The molecule has 1 N–H and O–H groups in total. The van der Waals surface area contributed by atoms with Crippen LogP contribution in [0.1, 0.15) is 51.6 Å². The molecule has 0 amide bonds. The van der Waals surface area contributed by atoms with Gasteiger partial charge in [-0.3, -0.25) is 0 Å². The largest absolute Gasteiger partial charge is 0.308 e. The number of likely N-dealkylation sites (N-methyl/N-ethyl adjacent to an activating group) is 1. The minimum atomic E-state index is 0.426. The second-order valence-corrected chi connectivity index (χ2v) is 7.88. The van der Waals surface area contributed by atoms with Crippen LogP contribution in [-0.2, 0) is 0 Å². The van der Waals surface area contributed by atoms with E-state index >= 15 is 0 Å². The van der Waals surface area contributed by atoms with Crippen LogP contribution in [0.15, 0.2) is 30.3 Å². The molecule has 0 saturated heterocycles. The first kappa shape index (κ1) is 16.5. The molecule has 0 bridgehead atoms.